The zero-order chi connectivity index (χ0) is 9.14. The summed E-state index contributed by atoms with van der Waals surface area (Å²) in [4.78, 5) is 21.8. The minimum Gasteiger partial charge on any atom is -0.394 e. The second-order valence-electron chi connectivity index (χ2n) is 2.81. The van der Waals surface area contributed by atoms with Gasteiger partial charge in [0.15, 0.2) is 11.6 Å². The van der Waals surface area contributed by atoms with Crippen LogP contribution in [0.3, 0.4) is 0 Å². The number of hydrogen-bond donors (Lipinski definition) is 2. The third-order valence-corrected chi connectivity index (χ3v) is 1.71. The summed E-state index contributed by atoms with van der Waals surface area (Å²) >= 11 is 0. The SMILES string of the molecule is CC(=O)C1=CC(=O)CC(CO)N1. The van der Waals surface area contributed by atoms with Crippen molar-refractivity contribution in [2.45, 2.75) is 19.4 Å². The fourth-order valence-electron chi connectivity index (χ4n) is 1.09. The van der Waals surface area contributed by atoms with Gasteiger partial charge in [0.2, 0.25) is 0 Å². The van der Waals surface area contributed by atoms with E-state index in [1.807, 2.05) is 0 Å². The number of allylic oxidation sites excluding steroid dienone is 2. The number of aliphatic hydroxyl groups is 1. The molecule has 4 nitrogen and oxygen atoms in total. The molecule has 0 radical (unpaired) electrons. The van der Waals surface area contributed by atoms with Crippen LogP contribution in [-0.4, -0.2) is 29.3 Å². The third-order valence-electron chi connectivity index (χ3n) is 1.71. The molecule has 0 saturated carbocycles. The van der Waals surface area contributed by atoms with Gasteiger partial charge in [0.1, 0.15) is 0 Å². The van der Waals surface area contributed by atoms with Crippen molar-refractivity contribution in [3.05, 3.63) is 11.8 Å². The molecule has 1 atom stereocenters. The summed E-state index contributed by atoms with van der Waals surface area (Å²) in [7, 11) is 0. The first kappa shape index (κ1) is 8.93. The lowest BCUT2D eigenvalue weighted by Gasteiger charge is -2.21. The average Bonchev–Trinajstić information content (AvgIpc) is 2.03. The Labute approximate surface area is 70.3 Å². The molecule has 0 aliphatic carbocycles. The summed E-state index contributed by atoms with van der Waals surface area (Å²) in [6, 6.07) is -0.304. The van der Waals surface area contributed by atoms with Crippen molar-refractivity contribution in [1.82, 2.24) is 5.32 Å². The predicted octanol–water partition coefficient (Wildman–Crippen LogP) is -0.617. The topological polar surface area (TPSA) is 66.4 Å². The van der Waals surface area contributed by atoms with Gasteiger partial charge in [-0.15, -0.1) is 0 Å². The first-order chi connectivity index (χ1) is 5.63. The first-order valence-electron chi connectivity index (χ1n) is 3.76. The van der Waals surface area contributed by atoms with Crippen molar-refractivity contribution in [2.24, 2.45) is 0 Å². The quantitative estimate of drug-likeness (QED) is 0.578. The van der Waals surface area contributed by atoms with E-state index < -0.39 is 0 Å². The number of aliphatic hydroxyl groups excluding tert-OH is 1. The number of Topliss-reactive ketones (excluding diaryl/α,β-unsaturated/α-hetero) is 1. The van der Waals surface area contributed by atoms with Crippen LogP contribution < -0.4 is 5.32 Å². The summed E-state index contributed by atoms with van der Waals surface area (Å²) in [6.07, 6.45) is 1.54. The largest absolute Gasteiger partial charge is 0.394 e. The molecule has 0 spiro atoms. The van der Waals surface area contributed by atoms with Gasteiger partial charge in [-0.3, -0.25) is 9.59 Å². The van der Waals surface area contributed by atoms with Gasteiger partial charge in [-0.1, -0.05) is 0 Å². The van der Waals surface area contributed by atoms with E-state index in [2.05, 4.69) is 5.32 Å². The molecule has 1 aliphatic heterocycles. The van der Waals surface area contributed by atoms with E-state index in [4.69, 9.17) is 5.11 Å². The summed E-state index contributed by atoms with van der Waals surface area (Å²) in [5.41, 5.74) is 0.297. The van der Waals surface area contributed by atoms with Crippen LogP contribution in [-0.2, 0) is 9.59 Å². The summed E-state index contributed by atoms with van der Waals surface area (Å²) in [5, 5.41) is 11.5. The van der Waals surface area contributed by atoms with Crippen LogP contribution in [0.25, 0.3) is 0 Å². The molecule has 2 N–H and O–H groups in total. The molecule has 0 aromatic heterocycles. The molecule has 1 rings (SSSR count). The van der Waals surface area contributed by atoms with Crippen molar-refractivity contribution in [2.75, 3.05) is 6.61 Å². The Morgan fingerprint density at radius 1 is 1.83 bits per heavy atom. The number of carbonyl (C=O) groups is 2. The van der Waals surface area contributed by atoms with Crippen LogP contribution in [0.4, 0.5) is 0 Å². The van der Waals surface area contributed by atoms with Crippen LogP contribution in [0.15, 0.2) is 11.8 Å². The van der Waals surface area contributed by atoms with Gasteiger partial charge in [0.05, 0.1) is 18.3 Å². The monoisotopic (exact) mass is 169 g/mol. The maximum atomic E-state index is 11.0. The molecule has 0 saturated heterocycles. The molecular formula is C8H11NO3. The fraction of sp³-hybridized carbons (Fsp3) is 0.500. The maximum Gasteiger partial charge on any atom is 0.175 e. The lowest BCUT2D eigenvalue weighted by Crippen LogP contribution is -2.39. The zero-order valence-electron chi connectivity index (χ0n) is 6.83. The van der Waals surface area contributed by atoms with Crippen LogP contribution in [0, 0.1) is 0 Å². The zero-order valence-corrected chi connectivity index (χ0v) is 6.83. The van der Waals surface area contributed by atoms with E-state index in [0.29, 0.717) is 5.70 Å². The van der Waals surface area contributed by atoms with Crippen molar-refractivity contribution in [3.63, 3.8) is 0 Å². The molecule has 12 heavy (non-hydrogen) atoms. The minimum atomic E-state index is -0.304. The lowest BCUT2D eigenvalue weighted by atomic mass is 10.0. The van der Waals surface area contributed by atoms with E-state index in [1.54, 1.807) is 0 Å². The maximum absolute atomic E-state index is 11.0. The number of nitrogens with one attached hydrogen (secondary N) is 1. The smallest absolute Gasteiger partial charge is 0.175 e. The van der Waals surface area contributed by atoms with Crippen LogP contribution >= 0.6 is 0 Å². The molecule has 1 aliphatic rings. The Morgan fingerprint density at radius 3 is 3.00 bits per heavy atom. The Balaban J connectivity index is 2.76. The van der Waals surface area contributed by atoms with Gasteiger partial charge in [0, 0.05) is 19.4 Å². The Hall–Kier alpha value is -1.16. The molecule has 0 fully saturated rings. The Bertz CT molecular complexity index is 245. The van der Waals surface area contributed by atoms with Gasteiger partial charge < -0.3 is 10.4 Å². The van der Waals surface area contributed by atoms with Gasteiger partial charge in [-0.2, -0.15) is 0 Å². The molecule has 0 amide bonds. The van der Waals surface area contributed by atoms with Gasteiger partial charge in [-0.25, -0.2) is 0 Å². The summed E-state index contributed by atoms with van der Waals surface area (Å²) < 4.78 is 0. The highest BCUT2D eigenvalue weighted by molar-refractivity contribution is 6.02. The molecule has 1 unspecified atom stereocenters. The summed E-state index contributed by atoms with van der Waals surface area (Å²) in [6.45, 7) is 1.25. The van der Waals surface area contributed by atoms with E-state index in [-0.39, 0.29) is 30.6 Å². The van der Waals surface area contributed by atoms with Gasteiger partial charge >= 0.3 is 0 Å². The highest BCUT2D eigenvalue weighted by Crippen LogP contribution is 2.06. The van der Waals surface area contributed by atoms with E-state index >= 15 is 0 Å². The second kappa shape index (κ2) is 3.49. The first-order valence-corrected chi connectivity index (χ1v) is 3.76. The number of carbonyl (C=O) groups excluding carboxylic acids is 2. The van der Waals surface area contributed by atoms with Crippen molar-refractivity contribution < 1.29 is 14.7 Å². The number of ketones is 2. The van der Waals surface area contributed by atoms with Crippen LogP contribution in [0.1, 0.15) is 13.3 Å². The van der Waals surface area contributed by atoms with Crippen molar-refractivity contribution in [3.8, 4) is 0 Å². The predicted molar refractivity (Wildman–Crippen MR) is 42.4 cm³/mol. The standard InChI is InChI=1S/C8H11NO3/c1-5(11)8-3-7(12)2-6(4-10)9-8/h3,6,9-10H,2,4H2,1H3. The molecule has 1 heterocycles. The van der Waals surface area contributed by atoms with E-state index in [9.17, 15) is 9.59 Å². The fourth-order valence-corrected chi connectivity index (χ4v) is 1.09. The molecular weight excluding hydrogens is 158 g/mol. The van der Waals surface area contributed by atoms with Crippen LogP contribution in [0.2, 0.25) is 0 Å². The van der Waals surface area contributed by atoms with Crippen molar-refractivity contribution >= 4 is 11.6 Å². The van der Waals surface area contributed by atoms with E-state index in [0.717, 1.165) is 0 Å². The molecule has 0 aromatic carbocycles. The van der Waals surface area contributed by atoms with Crippen molar-refractivity contribution in [1.29, 1.82) is 0 Å². The molecule has 66 valence electrons. The molecule has 0 bridgehead atoms. The molecule has 0 aromatic rings. The Morgan fingerprint density at radius 2 is 2.50 bits per heavy atom. The average molecular weight is 169 g/mol. The normalized spacial score (nSPS) is 23.0. The lowest BCUT2D eigenvalue weighted by molar-refractivity contribution is -0.118. The highest BCUT2D eigenvalue weighted by atomic mass is 16.3. The van der Waals surface area contributed by atoms with E-state index in [1.165, 1.54) is 13.0 Å². The number of hydrogen-bond acceptors (Lipinski definition) is 4. The number of rotatable bonds is 2. The second-order valence-corrected chi connectivity index (χ2v) is 2.81. The highest BCUT2D eigenvalue weighted by Gasteiger charge is 2.20. The van der Waals surface area contributed by atoms with Gasteiger partial charge in [-0.05, 0) is 0 Å². The molecule has 4 heteroatoms. The van der Waals surface area contributed by atoms with Gasteiger partial charge in [0.25, 0.3) is 0 Å². The minimum absolute atomic E-state index is 0.113. The Kier molecular flexibility index (Phi) is 2.60. The van der Waals surface area contributed by atoms with Crippen LogP contribution in [0.5, 0.6) is 0 Å². The summed E-state index contributed by atoms with van der Waals surface area (Å²) in [5.74, 6) is -0.292. The third kappa shape index (κ3) is 1.92.